The Labute approximate surface area is 162 Å². The average molecular weight is 454 g/mol. The van der Waals surface area contributed by atoms with E-state index >= 15 is 0 Å². The van der Waals surface area contributed by atoms with Crippen molar-refractivity contribution >= 4 is 35.9 Å². The van der Waals surface area contributed by atoms with Gasteiger partial charge in [-0.3, -0.25) is 9.79 Å². The summed E-state index contributed by atoms with van der Waals surface area (Å²) in [6, 6.07) is 0. The molecule has 2 fully saturated rings. The molecule has 1 unspecified atom stereocenters. The van der Waals surface area contributed by atoms with Gasteiger partial charge >= 0.3 is 5.97 Å². The molecular weight excluding hydrogens is 423 g/mol. The minimum absolute atomic E-state index is 0. The Bertz CT molecular complexity index is 414. The first-order chi connectivity index (χ1) is 11.1. The number of hydrogen-bond donors (Lipinski definition) is 1. The Balaban J connectivity index is 0.00000288. The van der Waals surface area contributed by atoms with E-state index in [-0.39, 0.29) is 42.0 Å². The molecule has 1 N–H and O–H groups in total. The lowest BCUT2D eigenvalue weighted by molar-refractivity contribution is -0.149. The van der Waals surface area contributed by atoms with E-state index in [4.69, 9.17) is 9.47 Å². The van der Waals surface area contributed by atoms with Crippen LogP contribution in [-0.4, -0.2) is 87.9 Å². The van der Waals surface area contributed by atoms with Gasteiger partial charge in [-0.2, -0.15) is 0 Å². The Morgan fingerprint density at radius 2 is 2.04 bits per heavy atom. The second-order valence-electron chi connectivity index (χ2n) is 6.20. The standard InChI is InChI=1S/C16H30N4O3.HI/c1-4-22-15(21)13-5-7-20(8-6-13)16(17-2)18-11-14-12-19(3)9-10-23-14;/h13-14H,4-12H2,1-3H3,(H,17,18);1H. The number of halogens is 1. The van der Waals surface area contributed by atoms with Crippen LogP contribution >= 0.6 is 24.0 Å². The van der Waals surface area contributed by atoms with Gasteiger partial charge < -0.3 is 24.6 Å². The average Bonchev–Trinajstić information content (AvgIpc) is 2.56. The van der Waals surface area contributed by atoms with Crippen LogP contribution in [0.2, 0.25) is 0 Å². The topological polar surface area (TPSA) is 66.4 Å². The van der Waals surface area contributed by atoms with Crippen molar-refractivity contribution in [2.24, 2.45) is 10.9 Å². The number of aliphatic imine (C=N–C) groups is 1. The highest BCUT2D eigenvalue weighted by atomic mass is 127. The fraction of sp³-hybridized carbons (Fsp3) is 0.875. The number of guanidine groups is 1. The van der Waals surface area contributed by atoms with Crippen LogP contribution in [-0.2, 0) is 14.3 Å². The zero-order valence-electron chi connectivity index (χ0n) is 15.0. The monoisotopic (exact) mass is 454 g/mol. The molecule has 0 radical (unpaired) electrons. The zero-order chi connectivity index (χ0) is 16.7. The van der Waals surface area contributed by atoms with Crippen LogP contribution in [0.3, 0.4) is 0 Å². The van der Waals surface area contributed by atoms with Crippen LogP contribution in [0.25, 0.3) is 0 Å². The number of nitrogens with one attached hydrogen (secondary N) is 1. The van der Waals surface area contributed by atoms with Crippen LogP contribution in [0.5, 0.6) is 0 Å². The molecule has 2 saturated heterocycles. The second kappa shape index (κ2) is 11.1. The van der Waals surface area contributed by atoms with E-state index in [1.54, 1.807) is 7.05 Å². The van der Waals surface area contributed by atoms with Crippen molar-refractivity contribution in [2.75, 3.05) is 60.0 Å². The van der Waals surface area contributed by atoms with Gasteiger partial charge in [0.25, 0.3) is 0 Å². The van der Waals surface area contributed by atoms with Gasteiger partial charge in [0.2, 0.25) is 0 Å². The smallest absolute Gasteiger partial charge is 0.309 e. The summed E-state index contributed by atoms with van der Waals surface area (Å²) in [5, 5.41) is 3.41. The second-order valence-corrected chi connectivity index (χ2v) is 6.20. The SMILES string of the molecule is CCOC(=O)C1CCN(C(=NC)NCC2CN(C)CCO2)CC1.I. The number of likely N-dealkylation sites (N-methyl/N-ethyl adjacent to an activating group) is 1. The van der Waals surface area contributed by atoms with Gasteiger partial charge in [0.15, 0.2) is 5.96 Å². The third kappa shape index (κ3) is 6.36. The first kappa shape index (κ1) is 21.4. The molecule has 2 aliphatic rings. The molecule has 2 rings (SSSR count). The summed E-state index contributed by atoms with van der Waals surface area (Å²) in [6.07, 6.45) is 1.84. The third-order valence-corrected chi connectivity index (χ3v) is 4.46. The first-order valence-corrected chi connectivity index (χ1v) is 8.56. The third-order valence-electron chi connectivity index (χ3n) is 4.46. The van der Waals surface area contributed by atoms with E-state index in [0.29, 0.717) is 6.61 Å². The van der Waals surface area contributed by atoms with Crippen molar-refractivity contribution in [3.05, 3.63) is 0 Å². The van der Waals surface area contributed by atoms with Gasteiger partial charge in [-0.25, -0.2) is 0 Å². The molecule has 1 atom stereocenters. The lowest BCUT2D eigenvalue weighted by atomic mass is 9.97. The van der Waals surface area contributed by atoms with E-state index in [1.807, 2.05) is 6.92 Å². The van der Waals surface area contributed by atoms with Crippen LogP contribution in [0, 0.1) is 5.92 Å². The van der Waals surface area contributed by atoms with Crippen molar-refractivity contribution in [3.8, 4) is 0 Å². The molecule has 2 aliphatic heterocycles. The maximum atomic E-state index is 11.8. The molecule has 7 nitrogen and oxygen atoms in total. The summed E-state index contributed by atoms with van der Waals surface area (Å²) in [5.41, 5.74) is 0. The molecule has 0 aromatic heterocycles. The zero-order valence-corrected chi connectivity index (χ0v) is 17.3. The van der Waals surface area contributed by atoms with E-state index in [1.165, 1.54) is 0 Å². The summed E-state index contributed by atoms with van der Waals surface area (Å²) < 4.78 is 10.9. The molecule has 0 aromatic rings. The van der Waals surface area contributed by atoms with E-state index in [9.17, 15) is 4.79 Å². The minimum atomic E-state index is -0.0614. The molecule has 0 amide bonds. The largest absolute Gasteiger partial charge is 0.466 e. The van der Waals surface area contributed by atoms with Gasteiger partial charge in [0, 0.05) is 39.8 Å². The van der Waals surface area contributed by atoms with Crippen molar-refractivity contribution in [1.29, 1.82) is 0 Å². The molecule has 8 heteroatoms. The highest BCUT2D eigenvalue weighted by Gasteiger charge is 2.27. The molecule has 0 bridgehead atoms. The first-order valence-electron chi connectivity index (χ1n) is 8.56. The van der Waals surface area contributed by atoms with Crippen molar-refractivity contribution in [2.45, 2.75) is 25.9 Å². The number of nitrogens with zero attached hydrogens (tertiary/aromatic N) is 3. The van der Waals surface area contributed by atoms with Crippen molar-refractivity contribution in [3.63, 3.8) is 0 Å². The normalized spacial score (nSPS) is 23.5. The van der Waals surface area contributed by atoms with E-state index in [0.717, 1.165) is 58.1 Å². The molecular formula is C16H31IN4O3. The van der Waals surface area contributed by atoms with Gasteiger partial charge in [0.05, 0.1) is 25.2 Å². The van der Waals surface area contributed by atoms with Crippen LogP contribution in [0.1, 0.15) is 19.8 Å². The number of hydrogen-bond acceptors (Lipinski definition) is 5. The number of esters is 1. The summed E-state index contributed by atoms with van der Waals surface area (Å²) >= 11 is 0. The maximum absolute atomic E-state index is 11.8. The number of ether oxygens (including phenoxy) is 2. The Kier molecular flexibility index (Phi) is 9.91. The highest BCUT2D eigenvalue weighted by molar-refractivity contribution is 14.0. The van der Waals surface area contributed by atoms with Gasteiger partial charge in [-0.1, -0.05) is 0 Å². The Morgan fingerprint density at radius 1 is 1.33 bits per heavy atom. The number of rotatable bonds is 4. The highest BCUT2D eigenvalue weighted by Crippen LogP contribution is 2.18. The number of carbonyl (C=O) groups is 1. The molecule has 0 aliphatic carbocycles. The Morgan fingerprint density at radius 3 is 2.62 bits per heavy atom. The van der Waals surface area contributed by atoms with Gasteiger partial charge in [-0.05, 0) is 26.8 Å². The summed E-state index contributed by atoms with van der Waals surface area (Å²) in [6.45, 7) is 7.44. The molecule has 140 valence electrons. The van der Waals surface area contributed by atoms with Gasteiger partial charge in [0.1, 0.15) is 0 Å². The molecule has 2 heterocycles. The fourth-order valence-corrected chi connectivity index (χ4v) is 3.11. The van der Waals surface area contributed by atoms with Crippen LogP contribution < -0.4 is 5.32 Å². The molecule has 0 saturated carbocycles. The number of piperidine rings is 1. The summed E-state index contributed by atoms with van der Waals surface area (Å²) in [5.74, 6) is 0.859. The quantitative estimate of drug-likeness (QED) is 0.293. The Hall–Kier alpha value is -0.610. The molecule has 24 heavy (non-hydrogen) atoms. The number of likely N-dealkylation sites (tertiary alicyclic amines) is 1. The predicted octanol–water partition coefficient (Wildman–Crippen LogP) is 0.786. The number of morpholine rings is 1. The fourth-order valence-electron chi connectivity index (χ4n) is 3.11. The number of carbonyl (C=O) groups excluding carboxylic acids is 1. The lowest BCUT2D eigenvalue weighted by Crippen LogP contribution is -2.51. The van der Waals surface area contributed by atoms with Gasteiger partial charge in [-0.15, -0.1) is 24.0 Å². The van der Waals surface area contributed by atoms with Crippen molar-refractivity contribution < 1.29 is 14.3 Å². The van der Waals surface area contributed by atoms with Crippen molar-refractivity contribution in [1.82, 2.24) is 15.1 Å². The molecule has 0 aromatic carbocycles. The summed E-state index contributed by atoms with van der Waals surface area (Å²) in [7, 11) is 3.91. The van der Waals surface area contributed by atoms with E-state index < -0.39 is 0 Å². The lowest BCUT2D eigenvalue weighted by Gasteiger charge is -2.35. The minimum Gasteiger partial charge on any atom is -0.466 e. The molecule has 0 spiro atoms. The predicted molar refractivity (Wildman–Crippen MR) is 105 cm³/mol. The van der Waals surface area contributed by atoms with Crippen LogP contribution in [0.4, 0.5) is 0 Å². The van der Waals surface area contributed by atoms with Crippen LogP contribution in [0.15, 0.2) is 4.99 Å². The van der Waals surface area contributed by atoms with E-state index in [2.05, 4.69) is 27.2 Å². The summed E-state index contributed by atoms with van der Waals surface area (Å²) in [4.78, 5) is 20.7. The maximum Gasteiger partial charge on any atom is 0.309 e.